The van der Waals surface area contributed by atoms with E-state index in [9.17, 15) is 13.2 Å². The summed E-state index contributed by atoms with van der Waals surface area (Å²) in [4.78, 5) is 12.1. The van der Waals surface area contributed by atoms with Gasteiger partial charge in [-0.3, -0.25) is 4.79 Å². The summed E-state index contributed by atoms with van der Waals surface area (Å²) in [7, 11) is -3.45. The number of anilines is 1. The number of hydrogen-bond acceptors (Lipinski definition) is 3. The molecule has 2 N–H and O–H groups in total. The average molecular weight is 305 g/mol. The number of hydrogen-bond donors (Lipinski definition) is 2. The Bertz CT molecular complexity index is 558. The van der Waals surface area contributed by atoms with Gasteiger partial charge in [-0.05, 0) is 24.1 Å². The summed E-state index contributed by atoms with van der Waals surface area (Å²) in [6, 6.07) is 5.84. The first-order valence-electron chi connectivity index (χ1n) is 5.73. The monoisotopic (exact) mass is 304 g/mol. The molecule has 7 heteroatoms. The molecule has 0 aliphatic heterocycles. The molecule has 0 heterocycles. The van der Waals surface area contributed by atoms with Crippen LogP contribution < -0.4 is 10.0 Å². The van der Waals surface area contributed by atoms with Gasteiger partial charge in [0, 0.05) is 10.7 Å². The summed E-state index contributed by atoms with van der Waals surface area (Å²) < 4.78 is 24.8. The zero-order valence-electron chi connectivity index (χ0n) is 11.0. The fourth-order valence-corrected chi connectivity index (χ4v) is 2.54. The lowest BCUT2D eigenvalue weighted by atomic mass is 10.0. The van der Waals surface area contributed by atoms with Gasteiger partial charge in [0.25, 0.3) is 0 Å². The van der Waals surface area contributed by atoms with Crippen molar-refractivity contribution in [1.82, 2.24) is 4.72 Å². The van der Waals surface area contributed by atoms with Gasteiger partial charge < -0.3 is 5.32 Å². The second-order valence-corrected chi connectivity index (χ2v) is 6.83. The zero-order chi connectivity index (χ0) is 14.6. The molecule has 106 valence electrons. The molecule has 0 aliphatic rings. The first-order chi connectivity index (χ1) is 8.69. The SMILES string of the molecule is CC(C)[C@H](NS(C)(=O)=O)C(=O)Nc1cccc(Cl)c1. The maximum atomic E-state index is 12.1. The van der Waals surface area contributed by atoms with Gasteiger partial charge in [-0.1, -0.05) is 31.5 Å². The molecule has 1 amide bonds. The van der Waals surface area contributed by atoms with E-state index in [0.717, 1.165) is 6.26 Å². The van der Waals surface area contributed by atoms with Crippen molar-refractivity contribution in [2.75, 3.05) is 11.6 Å². The van der Waals surface area contributed by atoms with Crippen LogP contribution in [0.3, 0.4) is 0 Å². The van der Waals surface area contributed by atoms with Crippen LogP contribution in [0.4, 0.5) is 5.69 Å². The van der Waals surface area contributed by atoms with Crippen LogP contribution in [0.25, 0.3) is 0 Å². The van der Waals surface area contributed by atoms with Crippen LogP contribution in [0.15, 0.2) is 24.3 Å². The Kier molecular flexibility index (Phi) is 5.34. The van der Waals surface area contributed by atoms with E-state index in [-0.39, 0.29) is 5.92 Å². The summed E-state index contributed by atoms with van der Waals surface area (Å²) in [6.07, 6.45) is 1.02. The van der Waals surface area contributed by atoms with Crippen LogP contribution in [-0.4, -0.2) is 26.6 Å². The molecule has 0 saturated heterocycles. The van der Waals surface area contributed by atoms with Crippen LogP contribution in [-0.2, 0) is 14.8 Å². The van der Waals surface area contributed by atoms with Crippen molar-refractivity contribution in [2.45, 2.75) is 19.9 Å². The molecule has 5 nitrogen and oxygen atoms in total. The van der Waals surface area contributed by atoms with Gasteiger partial charge in [-0.15, -0.1) is 0 Å². The van der Waals surface area contributed by atoms with E-state index in [4.69, 9.17) is 11.6 Å². The van der Waals surface area contributed by atoms with E-state index < -0.39 is 22.0 Å². The molecule has 0 bridgehead atoms. The van der Waals surface area contributed by atoms with Crippen molar-refractivity contribution >= 4 is 33.2 Å². The molecular formula is C12H17ClN2O3S. The molecule has 0 radical (unpaired) electrons. The molecule has 0 saturated carbocycles. The Balaban J connectivity index is 2.84. The molecule has 1 aromatic carbocycles. The summed E-state index contributed by atoms with van der Waals surface area (Å²) >= 11 is 5.81. The second-order valence-electron chi connectivity index (χ2n) is 4.61. The van der Waals surface area contributed by atoms with E-state index in [2.05, 4.69) is 10.0 Å². The number of carbonyl (C=O) groups is 1. The number of amides is 1. The fourth-order valence-electron chi connectivity index (χ4n) is 1.51. The van der Waals surface area contributed by atoms with Crippen molar-refractivity contribution in [1.29, 1.82) is 0 Å². The maximum absolute atomic E-state index is 12.1. The van der Waals surface area contributed by atoms with Crippen molar-refractivity contribution in [3.63, 3.8) is 0 Å². The van der Waals surface area contributed by atoms with Crippen LogP contribution in [0.2, 0.25) is 5.02 Å². The molecule has 0 aromatic heterocycles. The van der Waals surface area contributed by atoms with Crippen LogP contribution in [0, 0.1) is 5.92 Å². The van der Waals surface area contributed by atoms with Crippen LogP contribution >= 0.6 is 11.6 Å². The van der Waals surface area contributed by atoms with Gasteiger partial charge in [-0.2, -0.15) is 0 Å². The first-order valence-corrected chi connectivity index (χ1v) is 7.99. The van der Waals surface area contributed by atoms with Crippen molar-refractivity contribution in [3.8, 4) is 0 Å². The minimum absolute atomic E-state index is 0.172. The summed E-state index contributed by atoms with van der Waals surface area (Å²) in [5.74, 6) is -0.586. The second kappa shape index (κ2) is 6.36. The zero-order valence-corrected chi connectivity index (χ0v) is 12.5. The Morgan fingerprint density at radius 1 is 1.32 bits per heavy atom. The number of nitrogens with one attached hydrogen (secondary N) is 2. The Labute approximate surface area is 118 Å². The smallest absolute Gasteiger partial charge is 0.242 e. The molecule has 19 heavy (non-hydrogen) atoms. The lowest BCUT2D eigenvalue weighted by Crippen LogP contribution is -2.46. The fraction of sp³-hybridized carbons (Fsp3) is 0.417. The molecule has 1 aromatic rings. The highest BCUT2D eigenvalue weighted by Gasteiger charge is 2.25. The largest absolute Gasteiger partial charge is 0.325 e. The molecular weight excluding hydrogens is 288 g/mol. The van der Waals surface area contributed by atoms with Crippen LogP contribution in [0.5, 0.6) is 0 Å². The Hall–Kier alpha value is -1.11. The topological polar surface area (TPSA) is 75.3 Å². The highest BCUT2D eigenvalue weighted by atomic mass is 35.5. The van der Waals surface area contributed by atoms with E-state index >= 15 is 0 Å². The van der Waals surface area contributed by atoms with E-state index in [1.807, 2.05) is 0 Å². The van der Waals surface area contributed by atoms with E-state index in [1.54, 1.807) is 38.1 Å². The van der Waals surface area contributed by atoms with Gasteiger partial charge in [0.1, 0.15) is 6.04 Å². The average Bonchev–Trinajstić information content (AvgIpc) is 2.24. The molecule has 0 aliphatic carbocycles. The van der Waals surface area contributed by atoms with Gasteiger partial charge in [-0.25, -0.2) is 13.1 Å². The van der Waals surface area contributed by atoms with Gasteiger partial charge in [0.2, 0.25) is 15.9 Å². The number of sulfonamides is 1. The Morgan fingerprint density at radius 3 is 2.42 bits per heavy atom. The molecule has 0 unspecified atom stereocenters. The maximum Gasteiger partial charge on any atom is 0.242 e. The normalized spacial score (nSPS) is 13.3. The van der Waals surface area contributed by atoms with Crippen molar-refractivity contribution in [3.05, 3.63) is 29.3 Å². The quantitative estimate of drug-likeness (QED) is 0.872. The minimum Gasteiger partial charge on any atom is -0.325 e. The molecule has 1 atom stereocenters. The predicted molar refractivity (Wildman–Crippen MR) is 76.7 cm³/mol. The Morgan fingerprint density at radius 2 is 1.95 bits per heavy atom. The lowest BCUT2D eigenvalue weighted by molar-refractivity contribution is -0.118. The molecule has 0 fully saturated rings. The number of halogens is 1. The van der Waals surface area contributed by atoms with E-state index in [1.165, 1.54) is 0 Å². The highest BCUT2D eigenvalue weighted by Crippen LogP contribution is 2.16. The van der Waals surface area contributed by atoms with Gasteiger partial charge in [0.05, 0.1) is 6.26 Å². The van der Waals surface area contributed by atoms with Gasteiger partial charge >= 0.3 is 0 Å². The highest BCUT2D eigenvalue weighted by molar-refractivity contribution is 7.88. The van der Waals surface area contributed by atoms with Gasteiger partial charge in [0.15, 0.2) is 0 Å². The van der Waals surface area contributed by atoms with Crippen molar-refractivity contribution < 1.29 is 13.2 Å². The lowest BCUT2D eigenvalue weighted by Gasteiger charge is -2.20. The number of rotatable bonds is 5. The standard InChI is InChI=1S/C12H17ClN2O3S/c1-8(2)11(15-19(3,17)18)12(16)14-10-6-4-5-9(13)7-10/h4-8,11,15H,1-3H3,(H,14,16)/t11-/m0/s1. The van der Waals surface area contributed by atoms with Crippen LogP contribution in [0.1, 0.15) is 13.8 Å². The number of benzene rings is 1. The van der Waals surface area contributed by atoms with E-state index in [0.29, 0.717) is 10.7 Å². The third-order valence-electron chi connectivity index (χ3n) is 2.38. The summed E-state index contributed by atoms with van der Waals surface area (Å²) in [5.41, 5.74) is 0.526. The third-order valence-corrected chi connectivity index (χ3v) is 3.30. The first kappa shape index (κ1) is 15.9. The summed E-state index contributed by atoms with van der Waals surface area (Å²) in [5, 5.41) is 3.13. The molecule has 0 spiro atoms. The molecule has 1 rings (SSSR count). The number of carbonyl (C=O) groups excluding carboxylic acids is 1. The summed E-state index contributed by atoms with van der Waals surface area (Å²) in [6.45, 7) is 3.53. The van der Waals surface area contributed by atoms with Crippen molar-refractivity contribution in [2.24, 2.45) is 5.92 Å². The predicted octanol–water partition coefficient (Wildman–Crippen LogP) is 1.85. The third kappa shape index (κ3) is 5.59. The minimum atomic E-state index is -3.45.